The number of hydrogen-bond donors (Lipinski definition) is 2. The molecule has 0 spiro atoms. The SMILES string of the molecule is CN(C)Cc1ccccc1-c1ccc(=O)n(Cc2ccc(C(=O)Nc3ccccc3N)cc2)n1. The van der Waals surface area contributed by atoms with E-state index >= 15 is 0 Å². The molecule has 4 aromatic rings. The van der Waals surface area contributed by atoms with Gasteiger partial charge in [-0.1, -0.05) is 48.5 Å². The lowest BCUT2D eigenvalue weighted by Crippen LogP contribution is -2.23. The van der Waals surface area contributed by atoms with E-state index in [4.69, 9.17) is 5.73 Å². The van der Waals surface area contributed by atoms with Crippen LogP contribution in [-0.2, 0) is 13.1 Å². The van der Waals surface area contributed by atoms with Gasteiger partial charge in [-0.25, -0.2) is 4.68 Å². The van der Waals surface area contributed by atoms with Crippen LogP contribution in [0.5, 0.6) is 0 Å². The summed E-state index contributed by atoms with van der Waals surface area (Å²) in [5.41, 5.74) is 11.0. The quantitative estimate of drug-likeness (QED) is 0.415. The maximum absolute atomic E-state index is 12.6. The molecule has 0 fully saturated rings. The highest BCUT2D eigenvalue weighted by Crippen LogP contribution is 2.22. The molecule has 3 aromatic carbocycles. The third kappa shape index (κ3) is 5.39. The molecule has 1 aromatic heterocycles. The summed E-state index contributed by atoms with van der Waals surface area (Å²) in [6, 6.07) is 25.6. The number of carbonyl (C=O) groups is 1. The van der Waals surface area contributed by atoms with Crippen molar-refractivity contribution in [2.45, 2.75) is 13.1 Å². The van der Waals surface area contributed by atoms with Gasteiger partial charge < -0.3 is 16.0 Å². The van der Waals surface area contributed by atoms with Crippen molar-refractivity contribution in [2.24, 2.45) is 0 Å². The second-order valence-corrected chi connectivity index (χ2v) is 8.35. The topological polar surface area (TPSA) is 93.2 Å². The number of nitrogen functional groups attached to an aromatic ring is 1. The Bertz CT molecular complexity index is 1360. The summed E-state index contributed by atoms with van der Waals surface area (Å²) < 4.78 is 1.45. The van der Waals surface area contributed by atoms with Crippen LogP contribution in [0.15, 0.2) is 89.7 Å². The van der Waals surface area contributed by atoms with Crippen molar-refractivity contribution >= 4 is 17.3 Å². The molecule has 0 unspecified atom stereocenters. The number of nitrogens with two attached hydrogens (primary N) is 1. The highest BCUT2D eigenvalue weighted by molar-refractivity contribution is 6.05. The summed E-state index contributed by atoms with van der Waals surface area (Å²) in [6.45, 7) is 1.07. The van der Waals surface area contributed by atoms with E-state index in [2.05, 4.69) is 21.4 Å². The largest absolute Gasteiger partial charge is 0.397 e. The van der Waals surface area contributed by atoms with Crippen LogP contribution in [0.1, 0.15) is 21.5 Å². The number of carbonyl (C=O) groups excluding carboxylic acids is 1. The minimum absolute atomic E-state index is 0.185. The highest BCUT2D eigenvalue weighted by atomic mass is 16.1. The maximum atomic E-state index is 12.6. The minimum atomic E-state index is -0.251. The molecule has 3 N–H and O–H groups in total. The molecule has 1 heterocycles. The number of aromatic nitrogens is 2. The van der Waals surface area contributed by atoms with E-state index in [0.29, 0.717) is 23.5 Å². The zero-order valence-electron chi connectivity index (χ0n) is 19.2. The van der Waals surface area contributed by atoms with Crippen LogP contribution in [0.3, 0.4) is 0 Å². The van der Waals surface area contributed by atoms with Gasteiger partial charge in [-0.2, -0.15) is 5.10 Å². The average molecular weight is 454 g/mol. The normalized spacial score (nSPS) is 10.9. The third-order valence-electron chi connectivity index (χ3n) is 5.40. The Hall–Kier alpha value is -4.23. The van der Waals surface area contributed by atoms with Gasteiger partial charge in [0.25, 0.3) is 11.5 Å². The maximum Gasteiger partial charge on any atom is 0.267 e. The first-order chi connectivity index (χ1) is 16.4. The predicted octanol–water partition coefficient (Wildman–Crippen LogP) is 3.85. The standard InChI is InChI=1S/C27H27N5O2/c1-31(2)18-21-7-3-4-8-22(21)24-15-16-26(33)32(30-24)17-19-11-13-20(14-12-19)27(34)29-25-10-6-5-9-23(25)28/h3-16H,17-18,28H2,1-2H3,(H,29,34). The van der Waals surface area contributed by atoms with E-state index in [-0.39, 0.29) is 11.5 Å². The monoisotopic (exact) mass is 453 g/mol. The number of benzene rings is 3. The predicted molar refractivity (Wildman–Crippen MR) is 136 cm³/mol. The second kappa shape index (κ2) is 10.1. The summed E-state index contributed by atoms with van der Waals surface area (Å²) in [5, 5.41) is 7.44. The Morgan fingerprint density at radius 3 is 2.38 bits per heavy atom. The van der Waals surface area contributed by atoms with E-state index in [1.807, 2.05) is 56.6 Å². The van der Waals surface area contributed by atoms with Crippen molar-refractivity contribution in [1.82, 2.24) is 14.7 Å². The molecule has 0 aliphatic carbocycles. The van der Waals surface area contributed by atoms with Crippen molar-refractivity contribution in [3.63, 3.8) is 0 Å². The fourth-order valence-electron chi connectivity index (χ4n) is 3.69. The first-order valence-corrected chi connectivity index (χ1v) is 11.0. The van der Waals surface area contributed by atoms with Crippen molar-refractivity contribution in [1.29, 1.82) is 0 Å². The Balaban J connectivity index is 1.53. The van der Waals surface area contributed by atoms with Gasteiger partial charge in [0.2, 0.25) is 0 Å². The molecule has 0 aliphatic rings. The Morgan fingerprint density at radius 1 is 0.941 bits per heavy atom. The lowest BCUT2D eigenvalue weighted by molar-refractivity contribution is 0.102. The smallest absolute Gasteiger partial charge is 0.267 e. The summed E-state index contributed by atoms with van der Waals surface area (Å²) >= 11 is 0. The summed E-state index contributed by atoms with van der Waals surface area (Å²) in [7, 11) is 4.04. The van der Waals surface area contributed by atoms with Gasteiger partial charge in [-0.3, -0.25) is 9.59 Å². The molecule has 4 rings (SSSR count). The van der Waals surface area contributed by atoms with Crippen LogP contribution >= 0.6 is 0 Å². The molecule has 0 aliphatic heterocycles. The number of amides is 1. The molecule has 7 nitrogen and oxygen atoms in total. The zero-order chi connectivity index (χ0) is 24.1. The van der Waals surface area contributed by atoms with Crippen molar-refractivity contribution in [3.8, 4) is 11.3 Å². The summed E-state index contributed by atoms with van der Waals surface area (Å²) in [5.74, 6) is -0.251. The van der Waals surface area contributed by atoms with Crippen molar-refractivity contribution < 1.29 is 4.79 Å². The molecule has 7 heteroatoms. The molecular formula is C27H27N5O2. The lowest BCUT2D eigenvalue weighted by atomic mass is 10.0. The number of anilines is 2. The number of rotatable bonds is 7. The minimum Gasteiger partial charge on any atom is -0.397 e. The first-order valence-electron chi connectivity index (χ1n) is 11.0. The summed E-state index contributed by atoms with van der Waals surface area (Å²) in [4.78, 5) is 27.2. The van der Waals surface area contributed by atoms with E-state index in [1.54, 1.807) is 36.4 Å². The van der Waals surface area contributed by atoms with Crippen molar-refractivity contribution in [2.75, 3.05) is 25.1 Å². The average Bonchev–Trinajstić information content (AvgIpc) is 2.82. The number of nitrogens with one attached hydrogen (secondary N) is 1. The Labute approximate surface area is 198 Å². The molecule has 0 saturated heterocycles. The lowest BCUT2D eigenvalue weighted by Gasteiger charge is -2.14. The molecule has 0 saturated carbocycles. The first kappa shape index (κ1) is 22.9. The van der Waals surface area contributed by atoms with Crippen LogP contribution in [0, 0.1) is 0 Å². The Kier molecular flexibility index (Phi) is 6.85. The molecule has 34 heavy (non-hydrogen) atoms. The van der Waals surface area contributed by atoms with E-state index in [0.717, 1.165) is 28.9 Å². The van der Waals surface area contributed by atoms with Crippen LogP contribution in [-0.4, -0.2) is 34.7 Å². The van der Waals surface area contributed by atoms with E-state index in [9.17, 15) is 9.59 Å². The van der Waals surface area contributed by atoms with Gasteiger partial charge in [0, 0.05) is 23.7 Å². The van der Waals surface area contributed by atoms with Crippen LogP contribution < -0.4 is 16.6 Å². The molecule has 0 bridgehead atoms. The van der Waals surface area contributed by atoms with Crippen LogP contribution in [0.4, 0.5) is 11.4 Å². The van der Waals surface area contributed by atoms with Crippen molar-refractivity contribution in [3.05, 3.63) is 112 Å². The number of para-hydroxylation sites is 2. The van der Waals surface area contributed by atoms with E-state index in [1.165, 1.54) is 4.68 Å². The van der Waals surface area contributed by atoms with Crippen LogP contribution in [0.25, 0.3) is 11.3 Å². The third-order valence-corrected chi connectivity index (χ3v) is 5.40. The highest BCUT2D eigenvalue weighted by Gasteiger charge is 2.11. The Morgan fingerprint density at radius 2 is 1.65 bits per heavy atom. The molecular weight excluding hydrogens is 426 g/mol. The number of hydrogen-bond acceptors (Lipinski definition) is 5. The van der Waals surface area contributed by atoms with Gasteiger partial charge in [0.05, 0.1) is 23.6 Å². The van der Waals surface area contributed by atoms with Gasteiger partial charge in [0.15, 0.2) is 0 Å². The molecule has 1 amide bonds. The van der Waals surface area contributed by atoms with Crippen LogP contribution in [0.2, 0.25) is 0 Å². The molecule has 172 valence electrons. The van der Waals surface area contributed by atoms with Gasteiger partial charge in [-0.05, 0) is 55.6 Å². The van der Waals surface area contributed by atoms with E-state index < -0.39 is 0 Å². The van der Waals surface area contributed by atoms with Gasteiger partial charge in [-0.15, -0.1) is 0 Å². The molecule has 0 radical (unpaired) electrons. The fraction of sp³-hybridized carbons (Fsp3) is 0.148. The number of nitrogens with zero attached hydrogens (tertiary/aromatic N) is 3. The summed E-state index contributed by atoms with van der Waals surface area (Å²) in [6.07, 6.45) is 0. The van der Waals surface area contributed by atoms with Gasteiger partial charge in [0.1, 0.15) is 0 Å². The zero-order valence-corrected chi connectivity index (χ0v) is 19.2. The fourth-order valence-corrected chi connectivity index (χ4v) is 3.69. The van der Waals surface area contributed by atoms with Gasteiger partial charge >= 0.3 is 0 Å². The molecule has 0 atom stereocenters. The second-order valence-electron chi connectivity index (χ2n) is 8.35.